The van der Waals surface area contributed by atoms with Gasteiger partial charge < -0.3 is 15.2 Å². The number of hydrogen-bond donors (Lipinski definition) is 2. The molecular weight excluding hydrogens is 404 g/mol. The fourth-order valence-corrected chi connectivity index (χ4v) is 3.45. The number of anilines is 1. The van der Waals surface area contributed by atoms with Gasteiger partial charge in [0.25, 0.3) is 5.72 Å². The average molecular weight is 420 g/mol. The van der Waals surface area contributed by atoms with Crippen molar-refractivity contribution in [3.8, 4) is 0 Å². The van der Waals surface area contributed by atoms with Crippen LogP contribution in [0.15, 0.2) is 29.4 Å². The lowest BCUT2D eigenvalue weighted by Gasteiger charge is -2.43. The van der Waals surface area contributed by atoms with Crippen LogP contribution in [-0.4, -0.2) is 44.9 Å². The van der Waals surface area contributed by atoms with Crippen molar-refractivity contribution in [1.82, 2.24) is 14.8 Å². The van der Waals surface area contributed by atoms with E-state index in [9.17, 15) is 27.5 Å². The minimum Gasteiger partial charge on any atom is -0.466 e. The topological polar surface area (TPSA) is 89.3 Å². The van der Waals surface area contributed by atoms with Crippen molar-refractivity contribution in [1.29, 1.82) is 0 Å². The highest BCUT2D eigenvalue weighted by Crippen LogP contribution is 2.51. The van der Waals surface area contributed by atoms with Gasteiger partial charge in [0.2, 0.25) is 11.1 Å². The van der Waals surface area contributed by atoms with Crippen molar-refractivity contribution in [2.45, 2.75) is 30.0 Å². The zero-order valence-corrected chi connectivity index (χ0v) is 15.5. The molecule has 3 atom stereocenters. The second kappa shape index (κ2) is 7.24. The van der Waals surface area contributed by atoms with E-state index < -0.39 is 41.6 Å². The Bertz CT molecular complexity index is 891. The first-order valence-corrected chi connectivity index (χ1v) is 9.35. The zero-order valence-electron chi connectivity index (χ0n) is 14.7. The van der Waals surface area contributed by atoms with Gasteiger partial charge >= 0.3 is 12.1 Å². The molecule has 0 spiro atoms. The summed E-state index contributed by atoms with van der Waals surface area (Å²) in [5.74, 6) is -4.92. The van der Waals surface area contributed by atoms with E-state index >= 15 is 0 Å². The van der Waals surface area contributed by atoms with Crippen LogP contribution in [0.4, 0.5) is 23.5 Å². The number of thioether (sulfide) groups is 1. The van der Waals surface area contributed by atoms with Crippen LogP contribution in [0, 0.1) is 11.7 Å². The van der Waals surface area contributed by atoms with Crippen LogP contribution >= 0.6 is 11.8 Å². The summed E-state index contributed by atoms with van der Waals surface area (Å²) >= 11 is 0.942. The van der Waals surface area contributed by atoms with Crippen molar-refractivity contribution in [3.05, 3.63) is 35.6 Å². The molecule has 3 unspecified atom stereocenters. The van der Waals surface area contributed by atoms with Gasteiger partial charge in [-0.05, 0) is 19.2 Å². The average Bonchev–Trinajstić information content (AvgIpc) is 3.05. The summed E-state index contributed by atoms with van der Waals surface area (Å²) in [6.45, 7) is 1.18. The van der Waals surface area contributed by atoms with E-state index in [4.69, 9.17) is 4.74 Å². The minimum absolute atomic E-state index is 0.0676. The fraction of sp³-hybridized carbons (Fsp3) is 0.438. The lowest BCUT2D eigenvalue weighted by Crippen LogP contribution is -2.61. The Morgan fingerprint density at radius 2 is 2.11 bits per heavy atom. The molecule has 152 valence electrons. The summed E-state index contributed by atoms with van der Waals surface area (Å²) in [4.78, 5) is 16.4. The summed E-state index contributed by atoms with van der Waals surface area (Å²) in [6, 6.07) is 3.42. The molecular formula is C16H16F4N4O3S. The van der Waals surface area contributed by atoms with E-state index in [1.165, 1.54) is 31.4 Å². The number of fused-ring (bicyclic) bond motifs is 1. The molecule has 2 heterocycles. The molecule has 3 rings (SSSR count). The van der Waals surface area contributed by atoms with E-state index in [0.717, 1.165) is 17.8 Å². The number of rotatable bonds is 4. The largest absolute Gasteiger partial charge is 0.466 e. The molecule has 0 bridgehead atoms. The third-order valence-corrected chi connectivity index (χ3v) is 4.88. The van der Waals surface area contributed by atoms with Gasteiger partial charge in [-0.2, -0.15) is 22.8 Å². The highest BCUT2D eigenvalue weighted by atomic mass is 32.2. The number of hydrogen-bond acceptors (Lipinski definition) is 7. The first-order valence-electron chi connectivity index (χ1n) is 8.13. The molecule has 2 aromatic rings. The molecule has 0 aliphatic carbocycles. The molecule has 0 saturated carbocycles. The van der Waals surface area contributed by atoms with Crippen LogP contribution in [0.25, 0.3) is 0 Å². The van der Waals surface area contributed by atoms with Crippen molar-refractivity contribution < 1.29 is 32.2 Å². The number of carbonyl (C=O) groups is 1. The number of benzene rings is 1. The van der Waals surface area contributed by atoms with Crippen LogP contribution in [0.1, 0.15) is 18.5 Å². The molecule has 0 fully saturated rings. The maximum absolute atomic E-state index is 14.4. The molecule has 28 heavy (non-hydrogen) atoms. The molecule has 1 aromatic carbocycles. The van der Waals surface area contributed by atoms with E-state index in [0.29, 0.717) is 0 Å². The van der Waals surface area contributed by atoms with Crippen LogP contribution in [0.5, 0.6) is 0 Å². The summed E-state index contributed by atoms with van der Waals surface area (Å²) in [6.07, 6.45) is -3.81. The summed E-state index contributed by atoms with van der Waals surface area (Å²) < 4.78 is 61.6. The number of aromatic nitrogens is 3. The molecule has 1 aromatic heterocycles. The van der Waals surface area contributed by atoms with Crippen LogP contribution in [-0.2, 0) is 15.3 Å². The van der Waals surface area contributed by atoms with Gasteiger partial charge in [-0.25, -0.2) is 4.39 Å². The quantitative estimate of drug-likeness (QED) is 0.447. The Morgan fingerprint density at radius 1 is 1.43 bits per heavy atom. The maximum Gasteiger partial charge on any atom is 0.439 e. The van der Waals surface area contributed by atoms with E-state index in [2.05, 4.69) is 15.4 Å². The molecule has 2 N–H and O–H groups in total. The van der Waals surface area contributed by atoms with E-state index in [1.54, 1.807) is 0 Å². The number of halogens is 4. The molecule has 0 saturated heterocycles. The number of carbonyl (C=O) groups excluding carboxylic acids is 1. The fourth-order valence-electron chi connectivity index (χ4n) is 3.11. The summed E-state index contributed by atoms with van der Waals surface area (Å²) in [5.41, 5.74) is -4.04. The standard InChI is InChI=1S/C16H16F4N4O3S/c1-3-27-12(25)10-11(8-6-4-5-7-9(8)17)21-13-22-14(28-2)23-24(13)15(10,26)16(18,19)20/h4-7,10-11,26H,3H2,1-2H3,(H,21,22,23). The normalized spacial score (nSPS) is 24.4. The number of aliphatic hydroxyl groups is 1. The Balaban J connectivity index is 2.28. The van der Waals surface area contributed by atoms with Gasteiger partial charge in [0.05, 0.1) is 12.6 Å². The molecule has 1 aliphatic heterocycles. The highest BCUT2D eigenvalue weighted by Gasteiger charge is 2.69. The Kier molecular flexibility index (Phi) is 5.28. The van der Waals surface area contributed by atoms with Crippen LogP contribution < -0.4 is 5.32 Å². The second-order valence-corrected chi connectivity index (χ2v) is 6.70. The predicted molar refractivity (Wildman–Crippen MR) is 90.9 cm³/mol. The summed E-state index contributed by atoms with van der Waals surface area (Å²) in [7, 11) is 0. The van der Waals surface area contributed by atoms with E-state index in [1.807, 2.05) is 0 Å². The van der Waals surface area contributed by atoms with Gasteiger partial charge in [0, 0.05) is 5.56 Å². The minimum atomic E-state index is -5.34. The zero-order chi connectivity index (χ0) is 20.7. The number of nitrogens with one attached hydrogen (secondary N) is 1. The van der Waals surface area contributed by atoms with Gasteiger partial charge in [0.1, 0.15) is 11.7 Å². The van der Waals surface area contributed by atoms with Gasteiger partial charge in [-0.1, -0.05) is 30.0 Å². The Morgan fingerprint density at radius 3 is 2.68 bits per heavy atom. The molecule has 0 amide bonds. The predicted octanol–water partition coefficient (Wildman–Crippen LogP) is 2.69. The number of nitrogens with zero attached hydrogens (tertiary/aromatic N) is 3. The third kappa shape index (κ3) is 3.09. The first-order chi connectivity index (χ1) is 13.1. The lowest BCUT2D eigenvalue weighted by atomic mass is 9.82. The van der Waals surface area contributed by atoms with Crippen LogP contribution in [0.2, 0.25) is 0 Å². The van der Waals surface area contributed by atoms with Crippen molar-refractivity contribution >= 4 is 23.7 Å². The van der Waals surface area contributed by atoms with Crippen molar-refractivity contribution in [3.63, 3.8) is 0 Å². The lowest BCUT2D eigenvalue weighted by molar-refractivity contribution is -0.326. The van der Waals surface area contributed by atoms with Crippen molar-refractivity contribution in [2.75, 3.05) is 18.2 Å². The van der Waals surface area contributed by atoms with Gasteiger partial charge in [0.15, 0.2) is 0 Å². The third-order valence-electron chi connectivity index (χ3n) is 4.34. The highest BCUT2D eigenvalue weighted by molar-refractivity contribution is 7.98. The first kappa shape index (κ1) is 20.4. The SMILES string of the molecule is CCOC(=O)C1C(c2ccccc2F)Nc2nc(SC)nn2C1(O)C(F)(F)F. The Hall–Kier alpha value is -2.34. The van der Waals surface area contributed by atoms with E-state index in [-0.39, 0.29) is 22.0 Å². The number of esters is 1. The molecule has 7 nitrogen and oxygen atoms in total. The van der Waals surface area contributed by atoms with Crippen LogP contribution in [0.3, 0.4) is 0 Å². The number of alkyl halides is 3. The Labute approximate surface area is 161 Å². The number of ether oxygens (including phenoxy) is 1. The second-order valence-electron chi connectivity index (χ2n) is 5.93. The van der Waals surface area contributed by atoms with Gasteiger partial charge in [-0.3, -0.25) is 4.79 Å². The smallest absolute Gasteiger partial charge is 0.439 e. The maximum atomic E-state index is 14.4. The monoisotopic (exact) mass is 420 g/mol. The van der Waals surface area contributed by atoms with Crippen molar-refractivity contribution in [2.24, 2.45) is 5.92 Å². The molecule has 0 radical (unpaired) electrons. The van der Waals surface area contributed by atoms with Gasteiger partial charge in [-0.15, -0.1) is 5.10 Å². The molecule has 12 heteroatoms. The molecule has 1 aliphatic rings. The summed E-state index contributed by atoms with van der Waals surface area (Å²) in [5, 5.41) is 17.0.